The summed E-state index contributed by atoms with van der Waals surface area (Å²) in [5.41, 5.74) is 1.60. The van der Waals surface area contributed by atoms with Gasteiger partial charge in [0.1, 0.15) is 12.2 Å². The molecule has 7 nitrogen and oxygen atoms in total. The lowest BCUT2D eigenvalue weighted by atomic mass is 9.78. The number of amides is 1. The first-order valence-corrected chi connectivity index (χ1v) is 10.3. The molecule has 1 aromatic heterocycles. The molecule has 2 aromatic rings. The van der Waals surface area contributed by atoms with Crippen LogP contribution in [0.1, 0.15) is 31.4 Å². The van der Waals surface area contributed by atoms with Crippen molar-refractivity contribution in [2.45, 2.75) is 43.9 Å². The third kappa shape index (κ3) is 4.69. The van der Waals surface area contributed by atoms with Crippen LogP contribution in [-0.4, -0.2) is 61.0 Å². The van der Waals surface area contributed by atoms with Gasteiger partial charge in [0.15, 0.2) is 5.76 Å². The van der Waals surface area contributed by atoms with Gasteiger partial charge in [0.25, 0.3) is 0 Å². The summed E-state index contributed by atoms with van der Waals surface area (Å²) in [6, 6.07) is 12.0. The van der Waals surface area contributed by atoms with Gasteiger partial charge < -0.3 is 19.3 Å². The van der Waals surface area contributed by atoms with E-state index in [9.17, 15) is 4.79 Å². The molecule has 2 aliphatic rings. The van der Waals surface area contributed by atoms with E-state index in [1.165, 1.54) is 7.11 Å². The molecule has 1 amide bonds. The van der Waals surface area contributed by atoms with Gasteiger partial charge in [-0.15, -0.1) is 0 Å². The van der Waals surface area contributed by atoms with Gasteiger partial charge in [-0.05, 0) is 12.8 Å². The highest BCUT2D eigenvalue weighted by atomic mass is 16.5. The molecule has 2 fully saturated rings. The van der Waals surface area contributed by atoms with Crippen molar-refractivity contribution >= 4 is 5.91 Å². The highest BCUT2D eigenvalue weighted by molar-refractivity contribution is 5.77. The molecule has 0 unspecified atom stereocenters. The Morgan fingerprint density at radius 3 is 3.03 bits per heavy atom. The SMILES string of the molecule is COCC(=O)N[C@H]1CCCC[C@]12CN(Cc1cc(-c3ccccc3)on1)CCO2. The van der Waals surface area contributed by atoms with Crippen molar-refractivity contribution in [3.05, 3.63) is 42.1 Å². The molecule has 1 aliphatic heterocycles. The Balaban J connectivity index is 1.43. The first-order chi connectivity index (χ1) is 14.2. The molecule has 2 heterocycles. The van der Waals surface area contributed by atoms with Crippen molar-refractivity contribution in [1.29, 1.82) is 0 Å². The van der Waals surface area contributed by atoms with Gasteiger partial charge in [0.2, 0.25) is 5.91 Å². The number of aromatic nitrogens is 1. The minimum absolute atomic E-state index is 0.0129. The fourth-order valence-corrected chi connectivity index (χ4v) is 4.51. The van der Waals surface area contributed by atoms with Gasteiger partial charge in [0.05, 0.1) is 18.3 Å². The monoisotopic (exact) mass is 399 g/mol. The van der Waals surface area contributed by atoms with Crippen LogP contribution in [0.25, 0.3) is 11.3 Å². The summed E-state index contributed by atoms with van der Waals surface area (Å²) in [6.45, 7) is 3.06. The summed E-state index contributed by atoms with van der Waals surface area (Å²) in [5, 5.41) is 7.41. The average molecular weight is 399 g/mol. The minimum Gasteiger partial charge on any atom is -0.375 e. The summed E-state index contributed by atoms with van der Waals surface area (Å²) in [6.07, 6.45) is 4.11. The first-order valence-electron chi connectivity index (χ1n) is 10.3. The van der Waals surface area contributed by atoms with Crippen LogP contribution in [0.5, 0.6) is 0 Å². The van der Waals surface area contributed by atoms with Crippen LogP contribution in [0, 0.1) is 0 Å². The van der Waals surface area contributed by atoms with Crippen molar-refractivity contribution in [2.24, 2.45) is 0 Å². The number of rotatable bonds is 6. The molecule has 2 atom stereocenters. The second kappa shape index (κ2) is 9.07. The van der Waals surface area contributed by atoms with Crippen molar-refractivity contribution in [3.8, 4) is 11.3 Å². The third-order valence-corrected chi connectivity index (χ3v) is 5.88. The molecule has 7 heteroatoms. The highest BCUT2D eigenvalue weighted by Crippen LogP contribution is 2.35. The molecule has 0 bridgehead atoms. The van der Waals surface area contributed by atoms with Gasteiger partial charge in [-0.2, -0.15) is 0 Å². The van der Waals surface area contributed by atoms with Crippen LogP contribution in [0.4, 0.5) is 0 Å². The Kier molecular flexibility index (Phi) is 6.28. The van der Waals surface area contributed by atoms with E-state index < -0.39 is 0 Å². The molecule has 1 aromatic carbocycles. The summed E-state index contributed by atoms with van der Waals surface area (Å²) in [7, 11) is 1.54. The fraction of sp³-hybridized carbons (Fsp3) is 0.545. The quantitative estimate of drug-likeness (QED) is 0.805. The largest absolute Gasteiger partial charge is 0.375 e. The van der Waals surface area contributed by atoms with E-state index in [4.69, 9.17) is 14.0 Å². The summed E-state index contributed by atoms with van der Waals surface area (Å²) >= 11 is 0. The summed E-state index contributed by atoms with van der Waals surface area (Å²) < 4.78 is 16.8. The maximum Gasteiger partial charge on any atom is 0.246 e. The molecule has 1 saturated heterocycles. The van der Waals surface area contributed by atoms with Crippen molar-refractivity contribution in [3.63, 3.8) is 0 Å². The molecule has 156 valence electrons. The Bertz CT molecular complexity index is 805. The second-order valence-corrected chi connectivity index (χ2v) is 7.97. The smallest absolute Gasteiger partial charge is 0.246 e. The van der Waals surface area contributed by atoms with E-state index >= 15 is 0 Å². The Morgan fingerprint density at radius 2 is 2.21 bits per heavy atom. The van der Waals surface area contributed by atoms with E-state index in [1.54, 1.807) is 0 Å². The number of morpholine rings is 1. The lowest BCUT2D eigenvalue weighted by Gasteiger charge is -2.49. The molecule has 1 spiro atoms. The Hall–Kier alpha value is -2.22. The van der Waals surface area contributed by atoms with E-state index in [0.717, 1.165) is 55.8 Å². The van der Waals surface area contributed by atoms with Gasteiger partial charge in [-0.3, -0.25) is 9.69 Å². The standard InChI is InChI=1S/C22H29N3O4/c1-27-15-21(26)23-20-9-5-6-10-22(20)16-25(11-12-28-22)14-18-13-19(29-24-18)17-7-3-2-4-8-17/h2-4,7-8,13,20H,5-6,9-12,14-16H2,1H3,(H,23,26)/t20-,22-/m0/s1. The topological polar surface area (TPSA) is 76.8 Å². The number of hydrogen-bond acceptors (Lipinski definition) is 6. The lowest BCUT2D eigenvalue weighted by Crippen LogP contribution is -2.64. The normalized spacial score (nSPS) is 25.2. The minimum atomic E-state index is -0.341. The zero-order chi connectivity index (χ0) is 20.1. The lowest BCUT2D eigenvalue weighted by molar-refractivity contribution is -0.153. The fourth-order valence-electron chi connectivity index (χ4n) is 4.51. The van der Waals surface area contributed by atoms with E-state index in [2.05, 4.69) is 15.4 Å². The second-order valence-electron chi connectivity index (χ2n) is 7.97. The Morgan fingerprint density at radius 1 is 1.34 bits per heavy atom. The predicted octanol–water partition coefficient (Wildman–Crippen LogP) is 2.62. The Labute approximate surface area is 171 Å². The van der Waals surface area contributed by atoms with Crippen molar-refractivity contribution in [1.82, 2.24) is 15.4 Å². The molecule has 0 radical (unpaired) electrons. The predicted molar refractivity (Wildman–Crippen MR) is 108 cm³/mol. The number of nitrogens with zero attached hydrogens (tertiary/aromatic N) is 2. The van der Waals surface area contributed by atoms with Crippen LogP contribution in [0.3, 0.4) is 0 Å². The molecule has 1 aliphatic carbocycles. The molecular weight excluding hydrogens is 370 g/mol. The van der Waals surface area contributed by atoms with Crippen molar-refractivity contribution < 1.29 is 18.8 Å². The maximum absolute atomic E-state index is 12.1. The third-order valence-electron chi connectivity index (χ3n) is 5.88. The van der Waals surface area contributed by atoms with Crippen LogP contribution in [0.15, 0.2) is 40.9 Å². The van der Waals surface area contributed by atoms with Crippen LogP contribution in [0.2, 0.25) is 0 Å². The summed E-state index contributed by atoms with van der Waals surface area (Å²) in [4.78, 5) is 14.5. The van der Waals surface area contributed by atoms with Gasteiger partial charge in [-0.1, -0.05) is 48.3 Å². The number of hydrogen-bond donors (Lipinski definition) is 1. The average Bonchev–Trinajstić information content (AvgIpc) is 3.19. The highest BCUT2D eigenvalue weighted by Gasteiger charge is 2.45. The van der Waals surface area contributed by atoms with E-state index in [-0.39, 0.29) is 24.2 Å². The molecular formula is C22H29N3O4. The molecule has 4 rings (SSSR count). The van der Waals surface area contributed by atoms with Gasteiger partial charge in [-0.25, -0.2) is 0 Å². The zero-order valence-electron chi connectivity index (χ0n) is 16.9. The van der Waals surface area contributed by atoms with Crippen LogP contribution >= 0.6 is 0 Å². The molecule has 1 N–H and O–H groups in total. The van der Waals surface area contributed by atoms with Crippen LogP contribution in [-0.2, 0) is 20.8 Å². The van der Waals surface area contributed by atoms with E-state index in [0.29, 0.717) is 13.2 Å². The number of nitrogens with one attached hydrogen (secondary N) is 1. The number of carbonyl (C=O) groups is 1. The molecule has 1 saturated carbocycles. The van der Waals surface area contributed by atoms with Crippen LogP contribution < -0.4 is 5.32 Å². The van der Waals surface area contributed by atoms with E-state index in [1.807, 2.05) is 36.4 Å². The zero-order valence-corrected chi connectivity index (χ0v) is 16.9. The molecule has 29 heavy (non-hydrogen) atoms. The summed E-state index contributed by atoms with van der Waals surface area (Å²) in [5.74, 6) is 0.703. The van der Waals surface area contributed by atoms with Gasteiger partial charge >= 0.3 is 0 Å². The number of methoxy groups -OCH3 is 1. The number of carbonyl (C=O) groups excluding carboxylic acids is 1. The first kappa shape index (κ1) is 20.1. The number of ether oxygens (including phenoxy) is 2. The van der Waals surface area contributed by atoms with Crippen molar-refractivity contribution in [2.75, 3.05) is 33.4 Å². The number of benzene rings is 1. The maximum atomic E-state index is 12.1. The van der Waals surface area contributed by atoms with Gasteiger partial charge in [0, 0.05) is 38.4 Å².